The molecule has 1 fully saturated rings. The number of carbonyl (C=O) groups is 1. The van der Waals surface area contributed by atoms with Crippen molar-refractivity contribution in [3.63, 3.8) is 0 Å². The first-order valence-electron chi connectivity index (χ1n) is 7.99. The topological polar surface area (TPSA) is 85.4 Å². The molecule has 0 aliphatic carbocycles. The molecule has 0 spiro atoms. The fourth-order valence-corrected chi connectivity index (χ4v) is 2.72. The molecule has 1 amide bonds. The predicted molar refractivity (Wildman–Crippen MR) is 95.5 cm³/mol. The predicted octanol–water partition coefficient (Wildman–Crippen LogP) is 2.98. The van der Waals surface area contributed by atoms with Crippen molar-refractivity contribution in [1.82, 2.24) is 9.97 Å². The molecule has 1 aromatic carbocycles. The molecular weight excluding hydrogens is 344 g/mol. The molecule has 0 bridgehead atoms. The summed E-state index contributed by atoms with van der Waals surface area (Å²) >= 11 is 5.98. The van der Waals surface area contributed by atoms with Gasteiger partial charge in [0.2, 0.25) is 5.95 Å². The van der Waals surface area contributed by atoms with Gasteiger partial charge in [-0.3, -0.25) is 4.79 Å². The summed E-state index contributed by atoms with van der Waals surface area (Å²) in [5.41, 5.74) is 0.722. The molecule has 0 radical (unpaired) electrons. The first-order valence-corrected chi connectivity index (χ1v) is 8.37. The molecule has 1 atom stereocenters. The second kappa shape index (κ2) is 8.13. The zero-order valence-corrected chi connectivity index (χ0v) is 14.5. The number of ether oxygens (including phenoxy) is 2. The van der Waals surface area contributed by atoms with Crippen molar-refractivity contribution in [1.29, 1.82) is 0 Å². The van der Waals surface area contributed by atoms with E-state index in [0.717, 1.165) is 19.4 Å². The number of benzene rings is 1. The van der Waals surface area contributed by atoms with Crippen LogP contribution in [0.15, 0.2) is 30.5 Å². The van der Waals surface area contributed by atoms with Crippen LogP contribution in [-0.2, 0) is 4.74 Å². The maximum absolute atomic E-state index is 12.5. The molecule has 132 valence electrons. The summed E-state index contributed by atoms with van der Waals surface area (Å²) in [6.07, 6.45) is 3.78. The van der Waals surface area contributed by atoms with Gasteiger partial charge in [-0.25, -0.2) is 9.97 Å². The molecule has 8 heteroatoms. The Morgan fingerprint density at radius 3 is 3.08 bits per heavy atom. The van der Waals surface area contributed by atoms with Gasteiger partial charge < -0.3 is 20.1 Å². The minimum atomic E-state index is -0.372. The number of amides is 1. The van der Waals surface area contributed by atoms with Gasteiger partial charge in [0.25, 0.3) is 5.91 Å². The van der Waals surface area contributed by atoms with E-state index in [1.807, 2.05) is 0 Å². The Hall–Kier alpha value is -2.38. The SMILES string of the molecule is COc1ccc(Cl)cc1NC(=O)c1ccnc(NCC2CCCO2)n1. The highest BCUT2D eigenvalue weighted by atomic mass is 35.5. The van der Waals surface area contributed by atoms with Gasteiger partial charge in [-0.2, -0.15) is 0 Å². The molecule has 1 unspecified atom stereocenters. The van der Waals surface area contributed by atoms with Crippen molar-refractivity contribution in [3.8, 4) is 5.75 Å². The van der Waals surface area contributed by atoms with E-state index in [2.05, 4.69) is 20.6 Å². The number of carbonyl (C=O) groups excluding carboxylic acids is 1. The number of rotatable bonds is 6. The lowest BCUT2D eigenvalue weighted by Gasteiger charge is -2.12. The highest BCUT2D eigenvalue weighted by Crippen LogP contribution is 2.28. The van der Waals surface area contributed by atoms with Gasteiger partial charge in [-0.1, -0.05) is 11.6 Å². The van der Waals surface area contributed by atoms with Crippen LogP contribution >= 0.6 is 11.6 Å². The molecule has 3 rings (SSSR count). The number of hydrogen-bond acceptors (Lipinski definition) is 6. The lowest BCUT2D eigenvalue weighted by molar-refractivity contribution is 0.102. The third-order valence-electron chi connectivity index (χ3n) is 3.81. The van der Waals surface area contributed by atoms with Crippen molar-refractivity contribution in [3.05, 3.63) is 41.2 Å². The van der Waals surface area contributed by atoms with E-state index in [4.69, 9.17) is 21.1 Å². The second-order valence-corrected chi connectivity index (χ2v) is 6.02. The number of aromatic nitrogens is 2. The molecule has 7 nitrogen and oxygen atoms in total. The van der Waals surface area contributed by atoms with Crippen LogP contribution in [0.2, 0.25) is 5.02 Å². The van der Waals surface area contributed by atoms with Crippen LogP contribution in [-0.4, -0.2) is 42.2 Å². The zero-order valence-electron chi connectivity index (χ0n) is 13.8. The Morgan fingerprint density at radius 2 is 2.32 bits per heavy atom. The van der Waals surface area contributed by atoms with Crippen molar-refractivity contribution in [2.75, 3.05) is 30.9 Å². The van der Waals surface area contributed by atoms with Crippen LogP contribution < -0.4 is 15.4 Å². The Labute approximate surface area is 150 Å². The molecule has 25 heavy (non-hydrogen) atoms. The number of hydrogen-bond donors (Lipinski definition) is 2. The quantitative estimate of drug-likeness (QED) is 0.821. The Balaban J connectivity index is 1.67. The lowest BCUT2D eigenvalue weighted by Crippen LogP contribution is -2.21. The van der Waals surface area contributed by atoms with E-state index in [1.54, 1.807) is 24.3 Å². The summed E-state index contributed by atoms with van der Waals surface area (Å²) in [7, 11) is 1.52. The molecule has 2 N–H and O–H groups in total. The molecule has 1 aliphatic heterocycles. The second-order valence-electron chi connectivity index (χ2n) is 5.58. The standard InChI is InChI=1S/C17H19ClN4O3/c1-24-15-5-4-11(18)9-14(15)21-16(23)13-6-7-19-17(22-13)20-10-12-3-2-8-25-12/h4-7,9,12H,2-3,8,10H2,1H3,(H,21,23)(H,19,20,22). The van der Waals surface area contributed by atoms with Gasteiger partial charge in [0.1, 0.15) is 11.4 Å². The first-order chi connectivity index (χ1) is 12.2. The monoisotopic (exact) mass is 362 g/mol. The van der Waals surface area contributed by atoms with Crippen molar-refractivity contribution < 1.29 is 14.3 Å². The van der Waals surface area contributed by atoms with Crippen LogP contribution in [0.3, 0.4) is 0 Å². The number of anilines is 2. The smallest absolute Gasteiger partial charge is 0.274 e. The number of methoxy groups -OCH3 is 1. The van der Waals surface area contributed by atoms with Gasteiger partial charge in [-0.05, 0) is 37.1 Å². The Morgan fingerprint density at radius 1 is 1.44 bits per heavy atom. The largest absolute Gasteiger partial charge is 0.495 e. The Bertz CT molecular complexity index is 750. The molecule has 1 aliphatic rings. The van der Waals surface area contributed by atoms with E-state index < -0.39 is 0 Å². The number of nitrogens with one attached hydrogen (secondary N) is 2. The van der Waals surface area contributed by atoms with Crippen molar-refractivity contribution >= 4 is 29.1 Å². The summed E-state index contributed by atoms with van der Waals surface area (Å²) in [6.45, 7) is 1.41. The van der Waals surface area contributed by atoms with Gasteiger partial charge >= 0.3 is 0 Å². The highest BCUT2D eigenvalue weighted by molar-refractivity contribution is 6.31. The van der Waals surface area contributed by atoms with E-state index >= 15 is 0 Å². The van der Waals surface area contributed by atoms with Crippen molar-refractivity contribution in [2.45, 2.75) is 18.9 Å². The molecule has 1 saturated heterocycles. The molecule has 0 saturated carbocycles. The lowest BCUT2D eigenvalue weighted by atomic mass is 10.2. The maximum atomic E-state index is 12.5. The van der Waals surface area contributed by atoms with Gasteiger partial charge in [-0.15, -0.1) is 0 Å². The van der Waals surface area contributed by atoms with Crippen LogP contribution in [0.4, 0.5) is 11.6 Å². The normalized spacial score (nSPS) is 16.5. The third kappa shape index (κ3) is 4.58. The summed E-state index contributed by atoms with van der Waals surface area (Å²) in [4.78, 5) is 20.8. The van der Waals surface area contributed by atoms with E-state index in [-0.39, 0.29) is 17.7 Å². The maximum Gasteiger partial charge on any atom is 0.274 e. The zero-order chi connectivity index (χ0) is 17.6. The number of halogens is 1. The fraction of sp³-hybridized carbons (Fsp3) is 0.353. The highest BCUT2D eigenvalue weighted by Gasteiger charge is 2.16. The first kappa shape index (κ1) is 17.4. The van der Waals surface area contributed by atoms with E-state index in [1.165, 1.54) is 13.3 Å². The fourth-order valence-electron chi connectivity index (χ4n) is 2.55. The van der Waals surface area contributed by atoms with Crippen LogP contribution in [0.1, 0.15) is 23.3 Å². The molecular formula is C17H19ClN4O3. The van der Waals surface area contributed by atoms with E-state index in [9.17, 15) is 4.79 Å². The third-order valence-corrected chi connectivity index (χ3v) is 4.04. The summed E-state index contributed by atoms with van der Waals surface area (Å²) in [5, 5.41) is 6.35. The average molecular weight is 363 g/mol. The summed E-state index contributed by atoms with van der Waals surface area (Å²) < 4.78 is 10.8. The van der Waals surface area contributed by atoms with E-state index in [0.29, 0.717) is 29.0 Å². The summed E-state index contributed by atoms with van der Waals surface area (Å²) in [6, 6.07) is 6.54. The molecule has 1 aromatic heterocycles. The average Bonchev–Trinajstić information content (AvgIpc) is 3.14. The molecule has 2 heterocycles. The number of nitrogens with zero attached hydrogens (tertiary/aromatic N) is 2. The van der Waals surface area contributed by atoms with Gasteiger partial charge in [0.05, 0.1) is 18.9 Å². The minimum absolute atomic E-state index is 0.164. The minimum Gasteiger partial charge on any atom is -0.495 e. The van der Waals surface area contributed by atoms with Gasteiger partial charge in [0.15, 0.2) is 0 Å². The van der Waals surface area contributed by atoms with Crippen LogP contribution in [0, 0.1) is 0 Å². The summed E-state index contributed by atoms with van der Waals surface area (Å²) in [5.74, 6) is 0.535. The molecule has 2 aromatic rings. The van der Waals surface area contributed by atoms with Crippen LogP contribution in [0.25, 0.3) is 0 Å². The van der Waals surface area contributed by atoms with Crippen molar-refractivity contribution in [2.24, 2.45) is 0 Å². The van der Waals surface area contributed by atoms with Crippen LogP contribution in [0.5, 0.6) is 5.75 Å². The Kier molecular flexibility index (Phi) is 5.67. The van der Waals surface area contributed by atoms with Gasteiger partial charge in [0, 0.05) is 24.4 Å².